The Morgan fingerprint density at radius 2 is 1.86 bits per heavy atom. The van der Waals surface area contributed by atoms with Crippen LogP contribution in [0.3, 0.4) is 0 Å². The highest BCUT2D eigenvalue weighted by molar-refractivity contribution is 7.92. The van der Waals surface area contributed by atoms with Crippen LogP contribution in [0.1, 0.15) is 29.8 Å². The number of aryl methyl sites for hydroxylation is 1. The van der Waals surface area contributed by atoms with Gasteiger partial charge in [0.1, 0.15) is 5.56 Å². The van der Waals surface area contributed by atoms with E-state index in [9.17, 15) is 13.2 Å². The molecule has 5 nitrogen and oxygen atoms in total. The van der Waals surface area contributed by atoms with Gasteiger partial charge in [0.05, 0.1) is 12.3 Å². The lowest BCUT2D eigenvalue weighted by atomic mass is 10.1. The Balaban J connectivity index is 2.60. The van der Waals surface area contributed by atoms with E-state index in [1.165, 1.54) is 0 Å². The molecule has 0 atom stereocenters. The average Bonchev–Trinajstić information content (AvgIpc) is 2.92. The molecule has 0 bridgehead atoms. The second-order valence-corrected chi connectivity index (χ2v) is 7.72. The van der Waals surface area contributed by atoms with Crippen LogP contribution >= 0.6 is 11.5 Å². The number of benzene rings is 1. The lowest BCUT2D eigenvalue weighted by Gasteiger charge is -2.05. The number of carbonyl (C=O) groups excluding carboxylic acids is 1. The van der Waals surface area contributed by atoms with Gasteiger partial charge in [-0.3, -0.25) is 0 Å². The second kappa shape index (κ2) is 6.58. The number of sulfone groups is 1. The van der Waals surface area contributed by atoms with Crippen LogP contribution in [0.4, 0.5) is 0 Å². The molecule has 0 aliphatic heterocycles. The Bertz CT molecular complexity index is 776. The summed E-state index contributed by atoms with van der Waals surface area (Å²) < 4.78 is 32.9. The van der Waals surface area contributed by atoms with Crippen molar-refractivity contribution in [3.63, 3.8) is 0 Å². The van der Waals surface area contributed by atoms with E-state index < -0.39 is 15.8 Å². The Morgan fingerprint density at radius 3 is 2.36 bits per heavy atom. The van der Waals surface area contributed by atoms with Crippen molar-refractivity contribution in [2.45, 2.75) is 24.5 Å². The molecule has 0 saturated heterocycles. The van der Waals surface area contributed by atoms with Crippen LogP contribution in [0.25, 0.3) is 11.3 Å². The number of carbonyl (C=O) groups is 1. The van der Waals surface area contributed by atoms with E-state index in [0.29, 0.717) is 11.3 Å². The van der Waals surface area contributed by atoms with Gasteiger partial charge in [0.25, 0.3) is 0 Å². The molecule has 22 heavy (non-hydrogen) atoms. The van der Waals surface area contributed by atoms with Gasteiger partial charge in [0.2, 0.25) is 0 Å². The first-order valence-electron chi connectivity index (χ1n) is 6.84. The fraction of sp³-hybridized carbons (Fsp3) is 0.333. The fourth-order valence-corrected chi connectivity index (χ4v) is 3.85. The summed E-state index contributed by atoms with van der Waals surface area (Å²) >= 11 is 0.803. The molecule has 0 fully saturated rings. The van der Waals surface area contributed by atoms with Crippen molar-refractivity contribution < 1.29 is 17.9 Å². The smallest absolute Gasteiger partial charge is 0.342 e. The molecule has 0 radical (unpaired) electrons. The highest BCUT2D eigenvalue weighted by Crippen LogP contribution is 2.32. The molecule has 0 spiro atoms. The summed E-state index contributed by atoms with van der Waals surface area (Å²) in [6.45, 7) is 3.89. The van der Waals surface area contributed by atoms with Crippen molar-refractivity contribution in [2.24, 2.45) is 0 Å². The predicted molar refractivity (Wildman–Crippen MR) is 86.0 cm³/mol. The molecule has 0 amide bonds. The largest absolute Gasteiger partial charge is 0.462 e. The van der Waals surface area contributed by atoms with Gasteiger partial charge in [-0.2, -0.15) is 4.37 Å². The number of hydrogen-bond acceptors (Lipinski definition) is 6. The van der Waals surface area contributed by atoms with Crippen molar-refractivity contribution in [1.29, 1.82) is 0 Å². The van der Waals surface area contributed by atoms with E-state index in [4.69, 9.17) is 4.74 Å². The zero-order valence-electron chi connectivity index (χ0n) is 12.6. The summed E-state index contributed by atoms with van der Waals surface area (Å²) in [6.07, 6.45) is 1.96. The summed E-state index contributed by atoms with van der Waals surface area (Å²) in [4.78, 5) is 12.2. The van der Waals surface area contributed by atoms with Gasteiger partial charge < -0.3 is 4.74 Å². The van der Waals surface area contributed by atoms with Crippen LogP contribution in [0.5, 0.6) is 0 Å². The van der Waals surface area contributed by atoms with Gasteiger partial charge in [-0.15, -0.1) is 0 Å². The number of rotatable bonds is 5. The minimum atomic E-state index is -3.54. The van der Waals surface area contributed by atoms with Crippen LogP contribution in [0.2, 0.25) is 0 Å². The molecule has 1 aromatic heterocycles. The van der Waals surface area contributed by atoms with Gasteiger partial charge in [0.15, 0.2) is 14.0 Å². The standard InChI is InChI=1S/C15H17NO4S2/c1-4-10-6-8-11(9-7-10)13-12(14(17)20-5-2)15(21-16-13)22(3,18)19/h6-9H,4-5H2,1-3H3. The van der Waals surface area contributed by atoms with E-state index in [1.54, 1.807) is 6.92 Å². The lowest BCUT2D eigenvalue weighted by molar-refractivity contribution is 0.0523. The number of aromatic nitrogens is 1. The average molecular weight is 339 g/mol. The summed E-state index contributed by atoms with van der Waals surface area (Å²) in [5.74, 6) is -0.661. The Kier molecular flexibility index (Phi) is 4.97. The fourth-order valence-electron chi connectivity index (χ4n) is 2.01. The van der Waals surface area contributed by atoms with Crippen molar-refractivity contribution in [3.8, 4) is 11.3 Å². The first kappa shape index (κ1) is 16.6. The van der Waals surface area contributed by atoms with E-state index in [-0.39, 0.29) is 16.4 Å². The zero-order valence-corrected chi connectivity index (χ0v) is 14.3. The molecule has 0 N–H and O–H groups in total. The molecule has 2 rings (SSSR count). The Hall–Kier alpha value is -1.73. The first-order valence-corrected chi connectivity index (χ1v) is 9.51. The van der Waals surface area contributed by atoms with E-state index in [1.807, 2.05) is 31.2 Å². The molecular formula is C15H17NO4S2. The van der Waals surface area contributed by atoms with Gasteiger partial charge in [-0.25, -0.2) is 13.2 Å². The molecule has 7 heteroatoms. The third-order valence-electron chi connectivity index (χ3n) is 3.11. The van der Waals surface area contributed by atoms with Crippen LogP contribution < -0.4 is 0 Å². The number of esters is 1. The molecule has 1 heterocycles. The first-order chi connectivity index (χ1) is 10.4. The van der Waals surface area contributed by atoms with Crippen LogP contribution in [0, 0.1) is 0 Å². The maximum atomic E-state index is 12.2. The molecule has 0 aliphatic carbocycles. The quantitative estimate of drug-likeness (QED) is 0.783. The monoisotopic (exact) mass is 339 g/mol. The predicted octanol–water partition coefficient (Wildman–Crippen LogP) is 2.95. The Morgan fingerprint density at radius 1 is 1.23 bits per heavy atom. The van der Waals surface area contributed by atoms with Crippen molar-refractivity contribution in [3.05, 3.63) is 35.4 Å². The molecule has 118 valence electrons. The normalized spacial score (nSPS) is 11.4. The lowest BCUT2D eigenvalue weighted by Crippen LogP contribution is -2.10. The molecule has 0 aliphatic rings. The minimum absolute atomic E-state index is 0.0265. The second-order valence-electron chi connectivity index (χ2n) is 4.74. The number of ether oxygens (including phenoxy) is 1. The maximum Gasteiger partial charge on any atom is 0.342 e. The van der Waals surface area contributed by atoms with Crippen LogP contribution in [-0.4, -0.2) is 31.6 Å². The third-order valence-corrected chi connectivity index (χ3v) is 5.77. The minimum Gasteiger partial charge on any atom is -0.462 e. The molecular weight excluding hydrogens is 322 g/mol. The van der Waals surface area contributed by atoms with Gasteiger partial charge in [0, 0.05) is 11.8 Å². The van der Waals surface area contributed by atoms with Gasteiger partial charge >= 0.3 is 5.97 Å². The van der Waals surface area contributed by atoms with Crippen molar-refractivity contribution >= 4 is 27.3 Å². The Labute approximate surface area is 134 Å². The maximum absolute atomic E-state index is 12.2. The molecule has 2 aromatic rings. The SMILES string of the molecule is CCOC(=O)c1c(-c2ccc(CC)cc2)nsc1S(C)(=O)=O. The highest BCUT2D eigenvalue weighted by atomic mass is 32.2. The summed E-state index contributed by atoms with van der Waals surface area (Å²) in [5, 5.41) is 0. The van der Waals surface area contributed by atoms with Crippen molar-refractivity contribution in [2.75, 3.05) is 12.9 Å². The zero-order chi connectivity index (χ0) is 16.3. The van der Waals surface area contributed by atoms with Gasteiger partial charge in [-0.1, -0.05) is 31.2 Å². The summed E-state index contributed by atoms with van der Waals surface area (Å²) in [6, 6.07) is 7.54. The topological polar surface area (TPSA) is 73.3 Å². The molecule has 1 aromatic carbocycles. The number of hydrogen-bond donors (Lipinski definition) is 0. The molecule has 0 saturated carbocycles. The highest BCUT2D eigenvalue weighted by Gasteiger charge is 2.28. The molecule has 0 unspecified atom stereocenters. The van der Waals surface area contributed by atoms with Gasteiger partial charge in [-0.05, 0) is 30.4 Å². The van der Waals surface area contributed by atoms with Crippen LogP contribution in [0.15, 0.2) is 28.5 Å². The van der Waals surface area contributed by atoms with Crippen molar-refractivity contribution in [1.82, 2.24) is 4.37 Å². The van der Waals surface area contributed by atoms with E-state index >= 15 is 0 Å². The van der Waals surface area contributed by atoms with Crippen LogP contribution in [-0.2, 0) is 21.0 Å². The summed E-state index contributed by atoms with van der Waals surface area (Å²) in [7, 11) is -3.54. The third kappa shape index (κ3) is 3.36. The van der Waals surface area contributed by atoms with E-state index in [2.05, 4.69) is 4.37 Å². The number of nitrogens with zero attached hydrogens (tertiary/aromatic N) is 1. The summed E-state index contributed by atoms with van der Waals surface area (Å²) in [5.41, 5.74) is 2.23. The van der Waals surface area contributed by atoms with E-state index in [0.717, 1.165) is 29.8 Å².